The lowest BCUT2D eigenvalue weighted by atomic mass is 10.0. The van der Waals surface area contributed by atoms with Gasteiger partial charge in [-0.05, 0) is 56.0 Å². The molecule has 5 aromatic rings. The van der Waals surface area contributed by atoms with Crippen LogP contribution in [-0.2, 0) is 19.5 Å². The summed E-state index contributed by atoms with van der Waals surface area (Å²) in [6, 6.07) is 10.3. The quantitative estimate of drug-likeness (QED) is 0.243. The predicted molar refractivity (Wildman–Crippen MR) is 153 cm³/mol. The molecule has 0 bridgehead atoms. The molecule has 4 aromatic heterocycles. The Morgan fingerprint density at radius 1 is 1.10 bits per heavy atom. The number of anilines is 1. The Balaban J connectivity index is 1.12. The van der Waals surface area contributed by atoms with E-state index in [0.29, 0.717) is 28.3 Å². The lowest BCUT2D eigenvalue weighted by Gasteiger charge is -2.33. The molecule has 12 heteroatoms. The Morgan fingerprint density at radius 2 is 1.90 bits per heavy atom. The minimum absolute atomic E-state index is 0.178. The third-order valence-electron chi connectivity index (χ3n) is 7.74. The highest BCUT2D eigenvalue weighted by molar-refractivity contribution is 7.18. The van der Waals surface area contributed by atoms with Gasteiger partial charge in [-0.3, -0.25) is 4.90 Å². The summed E-state index contributed by atoms with van der Waals surface area (Å²) in [7, 11) is 0. The van der Waals surface area contributed by atoms with Crippen LogP contribution in [0.15, 0.2) is 36.8 Å². The van der Waals surface area contributed by atoms with E-state index in [1.165, 1.54) is 17.5 Å². The van der Waals surface area contributed by atoms with Crippen LogP contribution in [0, 0.1) is 25.2 Å². The second kappa shape index (κ2) is 10.8. The van der Waals surface area contributed by atoms with Crippen molar-refractivity contribution in [2.75, 3.05) is 18.4 Å². The molecule has 0 radical (unpaired) electrons. The van der Waals surface area contributed by atoms with Crippen LogP contribution in [0.3, 0.4) is 0 Å². The Kier molecular flexibility index (Phi) is 7.17. The third-order valence-corrected chi connectivity index (χ3v) is 8.79. The number of benzene rings is 1. The van der Waals surface area contributed by atoms with Gasteiger partial charge in [0.15, 0.2) is 0 Å². The van der Waals surface area contributed by atoms with E-state index in [4.69, 9.17) is 0 Å². The number of nitrogens with one attached hydrogen (secondary N) is 2. The normalized spacial score (nSPS) is 15.1. The minimum Gasteiger partial charge on any atom is -0.367 e. The maximum Gasteiger partial charge on any atom is 0.393 e. The Morgan fingerprint density at radius 3 is 2.61 bits per heavy atom. The molecular formula is C29H29F3N8S. The molecule has 1 saturated heterocycles. The number of halogens is 3. The molecule has 0 saturated carbocycles. The number of aromatic amines is 1. The van der Waals surface area contributed by atoms with Gasteiger partial charge >= 0.3 is 6.18 Å². The SMILES string of the molecule is Cc1ncc(Cn2c(C#N)cc3c(C)c(CN4CCC(Nc5ncnc6sc(CC(F)(F)F)cc56)CC4)ccc32)[nH]1. The molecule has 0 atom stereocenters. The number of imidazole rings is 1. The number of hydrogen-bond donors (Lipinski definition) is 2. The van der Waals surface area contributed by atoms with E-state index >= 15 is 0 Å². The largest absolute Gasteiger partial charge is 0.393 e. The molecule has 6 rings (SSSR count). The van der Waals surface area contributed by atoms with Gasteiger partial charge in [0, 0.05) is 41.5 Å². The van der Waals surface area contributed by atoms with Crippen LogP contribution in [0.2, 0.25) is 0 Å². The second-order valence-electron chi connectivity index (χ2n) is 10.6. The fourth-order valence-corrected chi connectivity index (χ4v) is 6.68. The molecule has 1 fully saturated rings. The van der Waals surface area contributed by atoms with Crippen molar-refractivity contribution in [3.05, 3.63) is 70.0 Å². The van der Waals surface area contributed by atoms with Crippen molar-refractivity contribution in [3.63, 3.8) is 0 Å². The van der Waals surface area contributed by atoms with Gasteiger partial charge in [0.2, 0.25) is 0 Å². The van der Waals surface area contributed by atoms with Crippen molar-refractivity contribution in [1.29, 1.82) is 5.26 Å². The van der Waals surface area contributed by atoms with Gasteiger partial charge in [0.05, 0.1) is 30.2 Å². The number of aromatic nitrogens is 5. The lowest BCUT2D eigenvalue weighted by Crippen LogP contribution is -2.39. The van der Waals surface area contributed by atoms with E-state index in [1.807, 2.05) is 17.6 Å². The maximum atomic E-state index is 12.9. The molecule has 0 aliphatic carbocycles. The molecule has 5 heterocycles. The molecule has 0 unspecified atom stereocenters. The number of hydrogen-bond acceptors (Lipinski definition) is 7. The number of nitrogens with zero attached hydrogens (tertiary/aromatic N) is 6. The number of alkyl halides is 3. The van der Waals surface area contributed by atoms with Crippen molar-refractivity contribution in [2.24, 2.45) is 0 Å². The average Bonchev–Trinajstić information content (AvgIpc) is 3.63. The molecular weight excluding hydrogens is 549 g/mol. The van der Waals surface area contributed by atoms with Crippen LogP contribution < -0.4 is 5.32 Å². The first-order chi connectivity index (χ1) is 19.7. The van der Waals surface area contributed by atoms with Gasteiger partial charge in [-0.15, -0.1) is 11.3 Å². The fourth-order valence-electron chi connectivity index (χ4n) is 5.65. The van der Waals surface area contributed by atoms with Crippen molar-refractivity contribution in [2.45, 2.75) is 58.4 Å². The van der Waals surface area contributed by atoms with Gasteiger partial charge in [-0.25, -0.2) is 15.0 Å². The highest BCUT2D eigenvalue weighted by Gasteiger charge is 2.29. The van der Waals surface area contributed by atoms with E-state index in [0.717, 1.165) is 66.2 Å². The van der Waals surface area contributed by atoms with Gasteiger partial charge in [-0.2, -0.15) is 18.4 Å². The van der Waals surface area contributed by atoms with Crippen LogP contribution in [0.1, 0.15) is 46.1 Å². The van der Waals surface area contributed by atoms with Crippen molar-refractivity contribution in [3.8, 4) is 6.07 Å². The molecule has 0 spiro atoms. The van der Waals surface area contributed by atoms with Crippen LogP contribution in [-0.4, -0.2) is 54.7 Å². The Hall–Kier alpha value is -3.95. The third kappa shape index (κ3) is 5.78. The summed E-state index contributed by atoms with van der Waals surface area (Å²) in [6.45, 7) is 7.16. The van der Waals surface area contributed by atoms with E-state index in [9.17, 15) is 18.4 Å². The van der Waals surface area contributed by atoms with E-state index in [-0.39, 0.29) is 10.9 Å². The zero-order chi connectivity index (χ0) is 28.7. The standard InChI is InChI=1S/C29H29F3N8S/c1-17-19(3-4-26-24(17)9-22(12-33)40(26)15-21-13-34-18(2)37-21)14-39-7-5-20(6-8-39)38-27-25-10-23(11-29(30,31)32)41-28(25)36-16-35-27/h3-4,9-10,13,16,20H,5-8,11,14-15H2,1-2H3,(H,34,37)(H,35,36,38). The van der Waals surface area contributed by atoms with E-state index in [2.05, 4.69) is 55.3 Å². The van der Waals surface area contributed by atoms with Crippen LogP contribution >= 0.6 is 11.3 Å². The first kappa shape index (κ1) is 27.2. The van der Waals surface area contributed by atoms with Gasteiger partial charge in [0.1, 0.15) is 34.6 Å². The molecule has 1 aliphatic rings. The lowest BCUT2D eigenvalue weighted by molar-refractivity contribution is -0.126. The zero-order valence-electron chi connectivity index (χ0n) is 22.7. The highest BCUT2D eigenvalue weighted by atomic mass is 32.1. The summed E-state index contributed by atoms with van der Waals surface area (Å²) >= 11 is 1.07. The number of likely N-dealkylation sites (tertiary alicyclic amines) is 1. The molecule has 1 aromatic carbocycles. The molecule has 0 amide bonds. The number of rotatable bonds is 7. The molecule has 212 valence electrons. The number of H-pyrrole nitrogens is 1. The topological polar surface area (TPSA) is 98.5 Å². The number of thiophene rings is 1. The summed E-state index contributed by atoms with van der Waals surface area (Å²) in [5.74, 6) is 1.45. The Labute approximate surface area is 238 Å². The van der Waals surface area contributed by atoms with Crippen molar-refractivity contribution >= 4 is 38.3 Å². The number of aryl methyl sites for hydroxylation is 2. The van der Waals surface area contributed by atoms with Gasteiger partial charge < -0.3 is 14.9 Å². The second-order valence-corrected chi connectivity index (χ2v) is 11.8. The number of piperidine rings is 1. The minimum atomic E-state index is -4.25. The smallest absolute Gasteiger partial charge is 0.367 e. The molecule has 1 aliphatic heterocycles. The summed E-state index contributed by atoms with van der Waals surface area (Å²) in [4.78, 5) is 19.3. The number of fused-ring (bicyclic) bond motifs is 2. The first-order valence-corrected chi connectivity index (χ1v) is 14.3. The van der Waals surface area contributed by atoms with Crippen LogP contribution in [0.25, 0.3) is 21.1 Å². The van der Waals surface area contributed by atoms with Gasteiger partial charge in [-0.1, -0.05) is 6.07 Å². The van der Waals surface area contributed by atoms with E-state index < -0.39 is 12.6 Å². The van der Waals surface area contributed by atoms with Crippen LogP contribution in [0.5, 0.6) is 0 Å². The monoisotopic (exact) mass is 578 g/mol. The Bertz CT molecular complexity index is 1750. The predicted octanol–water partition coefficient (Wildman–Crippen LogP) is 6.09. The van der Waals surface area contributed by atoms with Gasteiger partial charge in [0.25, 0.3) is 0 Å². The summed E-state index contributed by atoms with van der Waals surface area (Å²) < 4.78 is 40.7. The van der Waals surface area contributed by atoms with E-state index in [1.54, 1.807) is 12.3 Å². The van der Waals surface area contributed by atoms with Crippen LogP contribution in [0.4, 0.5) is 19.0 Å². The highest BCUT2D eigenvalue weighted by Crippen LogP contribution is 2.33. The van der Waals surface area contributed by atoms with Crippen molar-refractivity contribution in [1.82, 2.24) is 29.4 Å². The summed E-state index contributed by atoms with van der Waals surface area (Å²) in [5, 5.41) is 15.0. The zero-order valence-corrected chi connectivity index (χ0v) is 23.5. The molecule has 8 nitrogen and oxygen atoms in total. The molecule has 41 heavy (non-hydrogen) atoms. The number of nitriles is 1. The first-order valence-electron chi connectivity index (χ1n) is 13.5. The summed E-state index contributed by atoms with van der Waals surface area (Å²) in [5.41, 5.74) is 5.01. The maximum absolute atomic E-state index is 12.9. The fraction of sp³-hybridized carbons (Fsp3) is 0.379. The summed E-state index contributed by atoms with van der Waals surface area (Å²) in [6.07, 6.45) is -0.202. The molecule has 2 N–H and O–H groups in total. The van der Waals surface area contributed by atoms with Crippen molar-refractivity contribution < 1.29 is 13.2 Å². The average molecular weight is 579 g/mol.